The van der Waals surface area contributed by atoms with Crippen molar-refractivity contribution < 1.29 is 9.47 Å². The van der Waals surface area contributed by atoms with E-state index in [1.807, 2.05) is 47.2 Å². The molecule has 1 aromatic carbocycles. The Hall–Kier alpha value is -2.58. The van der Waals surface area contributed by atoms with Gasteiger partial charge in [0.15, 0.2) is 0 Å². The van der Waals surface area contributed by atoms with E-state index in [-0.39, 0.29) is 0 Å². The highest BCUT2D eigenvalue weighted by Crippen LogP contribution is 2.26. The zero-order chi connectivity index (χ0) is 18.6. The van der Waals surface area contributed by atoms with Gasteiger partial charge < -0.3 is 19.3 Å². The van der Waals surface area contributed by atoms with Crippen molar-refractivity contribution in [3.8, 4) is 16.6 Å². The van der Waals surface area contributed by atoms with E-state index in [0.29, 0.717) is 6.61 Å². The minimum atomic E-state index is 0.461. The Morgan fingerprint density at radius 2 is 1.67 bits per heavy atom. The Bertz CT molecular complexity index is 868. The summed E-state index contributed by atoms with van der Waals surface area (Å²) in [6, 6.07) is 11.6. The Morgan fingerprint density at radius 3 is 2.41 bits per heavy atom. The molecule has 0 atom stereocenters. The fourth-order valence-electron chi connectivity index (χ4n) is 2.98. The maximum absolute atomic E-state index is 5.91. The van der Waals surface area contributed by atoms with Crippen LogP contribution in [0.15, 0.2) is 42.6 Å². The average Bonchev–Trinajstić information content (AvgIpc) is 3.36. The molecule has 142 valence electrons. The van der Waals surface area contributed by atoms with Crippen molar-refractivity contribution in [3.05, 3.63) is 48.3 Å². The van der Waals surface area contributed by atoms with Crippen LogP contribution in [-0.2, 0) is 6.61 Å². The first-order valence-corrected chi connectivity index (χ1v) is 9.75. The Labute approximate surface area is 162 Å². The summed E-state index contributed by atoms with van der Waals surface area (Å²) in [5.74, 6) is 1.62. The Kier molecular flexibility index (Phi) is 5.26. The van der Waals surface area contributed by atoms with Crippen molar-refractivity contribution in [3.63, 3.8) is 0 Å². The molecule has 1 fully saturated rings. The molecule has 8 heteroatoms. The van der Waals surface area contributed by atoms with Crippen molar-refractivity contribution in [1.82, 2.24) is 19.7 Å². The van der Waals surface area contributed by atoms with Crippen molar-refractivity contribution >= 4 is 16.5 Å². The first kappa shape index (κ1) is 17.8. The summed E-state index contributed by atoms with van der Waals surface area (Å²) in [5.41, 5.74) is 1.03. The molecule has 3 heterocycles. The van der Waals surface area contributed by atoms with Crippen LogP contribution in [0.5, 0.6) is 11.5 Å². The third-order valence-electron chi connectivity index (χ3n) is 4.66. The van der Waals surface area contributed by atoms with Gasteiger partial charge in [-0.3, -0.25) is 4.57 Å². The van der Waals surface area contributed by atoms with Crippen LogP contribution in [0.25, 0.3) is 5.13 Å². The van der Waals surface area contributed by atoms with E-state index < -0.39 is 0 Å². The molecule has 1 aliphatic rings. The maximum atomic E-state index is 5.91. The van der Waals surface area contributed by atoms with Crippen molar-refractivity contribution in [2.24, 2.45) is 0 Å². The third kappa shape index (κ3) is 4.06. The number of benzene rings is 1. The third-order valence-corrected chi connectivity index (χ3v) is 5.65. The number of anilines is 1. The van der Waals surface area contributed by atoms with E-state index in [4.69, 9.17) is 9.47 Å². The number of piperazine rings is 1. The number of ether oxygens (including phenoxy) is 2. The van der Waals surface area contributed by atoms with E-state index in [2.05, 4.69) is 27.0 Å². The second-order valence-electron chi connectivity index (χ2n) is 6.49. The molecule has 0 bridgehead atoms. The largest absolute Gasteiger partial charge is 0.497 e. The van der Waals surface area contributed by atoms with Gasteiger partial charge in [0.05, 0.1) is 12.8 Å². The number of nitrogens with zero attached hydrogens (tertiary/aromatic N) is 5. The van der Waals surface area contributed by atoms with Gasteiger partial charge >= 0.3 is 0 Å². The molecule has 0 radical (unpaired) electrons. The molecule has 0 N–H and O–H groups in total. The summed E-state index contributed by atoms with van der Waals surface area (Å²) in [7, 11) is 3.80. The maximum Gasteiger partial charge on any atom is 0.218 e. The average molecular weight is 385 g/mol. The number of aromatic nitrogens is 3. The van der Waals surface area contributed by atoms with E-state index in [1.165, 1.54) is 0 Å². The molecule has 1 aliphatic heterocycles. The van der Waals surface area contributed by atoms with Gasteiger partial charge in [-0.2, -0.15) is 0 Å². The summed E-state index contributed by atoms with van der Waals surface area (Å²) < 4.78 is 13.1. The number of rotatable bonds is 6. The summed E-state index contributed by atoms with van der Waals surface area (Å²) >= 11 is 1.62. The fraction of sp³-hybridized carbons (Fsp3) is 0.368. The topological polar surface area (TPSA) is 55.7 Å². The van der Waals surface area contributed by atoms with Gasteiger partial charge in [0, 0.05) is 32.4 Å². The molecular weight excluding hydrogens is 362 g/mol. The van der Waals surface area contributed by atoms with Crippen LogP contribution >= 0.6 is 11.3 Å². The first-order valence-electron chi connectivity index (χ1n) is 8.93. The van der Waals surface area contributed by atoms with E-state index in [1.54, 1.807) is 18.4 Å². The zero-order valence-corrected chi connectivity index (χ0v) is 16.4. The van der Waals surface area contributed by atoms with E-state index in [9.17, 15) is 0 Å². The molecule has 0 spiro atoms. The molecule has 7 nitrogen and oxygen atoms in total. The SMILES string of the molecule is COc1ccc(OCc2cccn2-c2nnc(N3CCN(C)CC3)s2)cc1. The van der Waals surface area contributed by atoms with Gasteiger partial charge in [0.1, 0.15) is 18.1 Å². The lowest BCUT2D eigenvalue weighted by molar-refractivity contribution is 0.298. The lowest BCUT2D eigenvalue weighted by Gasteiger charge is -2.31. The molecule has 27 heavy (non-hydrogen) atoms. The van der Waals surface area contributed by atoms with E-state index in [0.717, 1.165) is 53.6 Å². The molecular formula is C19H23N5O2S. The summed E-state index contributed by atoms with van der Waals surface area (Å²) in [4.78, 5) is 4.64. The normalized spacial score (nSPS) is 15.1. The summed E-state index contributed by atoms with van der Waals surface area (Å²) in [5, 5.41) is 10.6. The monoisotopic (exact) mass is 385 g/mol. The van der Waals surface area contributed by atoms with Crippen LogP contribution in [-0.4, -0.2) is 60.0 Å². The van der Waals surface area contributed by atoms with Gasteiger partial charge in [-0.15, -0.1) is 10.2 Å². The van der Waals surface area contributed by atoms with Gasteiger partial charge in [-0.1, -0.05) is 11.3 Å². The number of hydrogen-bond acceptors (Lipinski definition) is 7. The lowest BCUT2D eigenvalue weighted by atomic mass is 10.3. The van der Waals surface area contributed by atoms with Crippen LogP contribution in [0.4, 0.5) is 5.13 Å². The highest BCUT2D eigenvalue weighted by Gasteiger charge is 2.19. The Balaban J connectivity index is 1.44. The number of methoxy groups -OCH3 is 1. The highest BCUT2D eigenvalue weighted by atomic mass is 32.1. The van der Waals surface area contributed by atoms with Crippen molar-refractivity contribution in [2.45, 2.75) is 6.61 Å². The molecule has 2 aromatic heterocycles. The molecule has 1 saturated heterocycles. The van der Waals surface area contributed by atoms with Crippen LogP contribution in [0, 0.1) is 0 Å². The predicted octanol–water partition coefficient (Wildman–Crippen LogP) is 2.67. The van der Waals surface area contributed by atoms with Crippen molar-refractivity contribution in [2.75, 3.05) is 45.2 Å². The summed E-state index contributed by atoms with van der Waals surface area (Å²) in [6.45, 7) is 4.55. The number of likely N-dealkylation sites (N-methyl/N-ethyl adjacent to an activating group) is 1. The zero-order valence-electron chi connectivity index (χ0n) is 15.5. The summed E-state index contributed by atoms with van der Waals surface area (Å²) in [6.07, 6.45) is 2.00. The minimum Gasteiger partial charge on any atom is -0.497 e. The minimum absolute atomic E-state index is 0.461. The lowest BCUT2D eigenvalue weighted by Crippen LogP contribution is -2.44. The predicted molar refractivity (Wildman–Crippen MR) is 106 cm³/mol. The molecule has 0 unspecified atom stereocenters. The quantitative estimate of drug-likeness (QED) is 0.650. The standard InChI is InChI=1S/C19H23N5O2S/c1-22-10-12-23(13-11-22)18-20-21-19(27-18)24-9-3-4-15(24)14-26-17-7-5-16(25-2)6-8-17/h3-9H,10-14H2,1-2H3. The molecule has 4 rings (SSSR count). The fourth-order valence-corrected chi connectivity index (χ4v) is 3.90. The van der Waals surface area contributed by atoms with Gasteiger partial charge in [-0.25, -0.2) is 0 Å². The van der Waals surface area contributed by atoms with Gasteiger partial charge in [0.2, 0.25) is 10.3 Å². The second-order valence-corrected chi connectivity index (χ2v) is 7.43. The van der Waals surface area contributed by atoms with Crippen LogP contribution in [0.1, 0.15) is 5.69 Å². The van der Waals surface area contributed by atoms with Crippen LogP contribution in [0.2, 0.25) is 0 Å². The molecule has 0 amide bonds. The second kappa shape index (κ2) is 7.98. The molecule has 0 saturated carbocycles. The van der Waals surface area contributed by atoms with Crippen LogP contribution < -0.4 is 14.4 Å². The molecule has 0 aliphatic carbocycles. The van der Waals surface area contributed by atoms with Gasteiger partial charge in [0.25, 0.3) is 0 Å². The molecule has 3 aromatic rings. The smallest absolute Gasteiger partial charge is 0.218 e. The van der Waals surface area contributed by atoms with Gasteiger partial charge in [-0.05, 0) is 43.4 Å². The first-order chi connectivity index (χ1) is 13.2. The van der Waals surface area contributed by atoms with Crippen molar-refractivity contribution in [1.29, 1.82) is 0 Å². The highest BCUT2D eigenvalue weighted by molar-refractivity contribution is 7.17. The van der Waals surface area contributed by atoms with E-state index >= 15 is 0 Å². The Morgan fingerprint density at radius 1 is 0.963 bits per heavy atom. The number of hydrogen-bond donors (Lipinski definition) is 0. The van der Waals surface area contributed by atoms with Crippen LogP contribution in [0.3, 0.4) is 0 Å².